The van der Waals surface area contributed by atoms with Gasteiger partial charge in [-0.1, -0.05) is 5.21 Å². The van der Waals surface area contributed by atoms with Crippen molar-refractivity contribution >= 4 is 11.9 Å². The van der Waals surface area contributed by atoms with Crippen molar-refractivity contribution in [2.24, 2.45) is 17.8 Å². The van der Waals surface area contributed by atoms with Crippen molar-refractivity contribution in [3.63, 3.8) is 0 Å². The van der Waals surface area contributed by atoms with Gasteiger partial charge in [0.15, 0.2) is 0 Å². The smallest absolute Gasteiger partial charge is 0.308 e. The molecule has 1 aliphatic carbocycles. The number of hydrogen-bond donors (Lipinski definition) is 1. The van der Waals surface area contributed by atoms with Crippen molar-refractivity contribution in [2.75, 3.05) is 13.1 Å². The van der Waals surface area contributed by atoms with Crippen LogP contribution < -0.4 is 0 Å². The van der Waals surface area contributed by atoms with Gasteiger partial charge in [0.2, 0.25) is 0 Å². The molecule has 1 amide bonds. The van der Waals surface area contributed by atoms with Gasteiger partial charge in [0, 0.05) is 18.7 Å². The van der Waals surface area contributed by atoms with Crippen LogP contribution in [-0.2, 0) is 4.79 Å². The van der Waals surface area contributed by atoms with Gasteiger partial charge in [0.1, 0.15) is 0 Å². The molecule has 1 saturated heterocycles. The minimum Gasteiger partial charge on any atom is -0.481 e. The molecule has 0 unspecified atom stereocenters. The normalized spacial score (nSPS) is 23.4. The molecule has 1 aliphatic heterocycles. The third-order valence-corrected chi connectivity index (χ3v) is 5.00. The molecule has 4 rings (SSSR count). The standard InChI is InChI=1S/C17H18N4O3/c22-16(12-3-5-13(6-4-12)21-8-7-18-19-21)20-9-14(11-1-2-11)15(10-20)17(23)24/h3-8,11,14-15H,1-2,9-10H2,(H,23,24)/t14-,15+/m1/s1. The van der Waals surface area contributed by atoms with E-state index in [1.54, 1.807) is 34.1 Å². The first-order valence-corrected chi connectivity index (χ1v) is 8.12. The molecule has 0 bridgehead atoms. The second kappa shape index (κ2) is 5.74. The minimum absolute atomic E-state index is 0.0980. The van der Waals surface area contributed by atoms with Crippen LogP contribution in [-0.4, -0.2) is 50.0 Å². The topological polar surface area (TPSA) is 88.3 Å². The molecule has 7 heteroatoms. The molecule has 2 aromatic rings. The Balaban J connectivity index is 1.50. The number of benzene rings is 1. The molecule has 2 fully saturated rings. The Hall–Kier alpha value is -2.70. The third kappa shape index (κ3) is 2.66. The van der Waals surface area contributed by atoms with Crippen molar-refractivity contribution in [2.45, 2.75) is 12.8 Å². The van der Waals surface area contributed by atoms with Gasteiger partial charge in [-0.2, -0.15) is 0 Å². The predicted molar refractivity (Wildman–Crippen MR) is 84.6 cm³/mol. The molecule has 7 nitrogen and oxygen atoms in total. The van der Waals surface area contributed by atoms with Crippen LogP contribution in [0.4, 0.5) is 0 Å². The maximum absolute atomic E-state index is 12.7. The Labute approximate surface area is 138 Å². The summed E-state index contributed by atoms with van der Waals surface area (Å²) in [6.45, 7) is 0.853. The summed E-state index contributed by atoms with van der Waals surface area (Å²) in [5, 5.41) is 17.1. The number of carbonyl (C=O) groups is 2. The Morgan fingerprint density at radius 1 is 1.12 bits per heavy atom. The quantitative estimate of drug-likeness (QED) is 0.919. The van der Waals surface area contributed by atoms with Crippen LogP contribution in [0, 0.1) is 17.8 Å². The molecular weight excluding hydrogens is 308 g/mol. The van der Waals surface area contributed by atoms with Gasteiger partial charge in [0.25, 0.3) is 5.91 Å². The summed E-state index contributed by atoms with van der Waals surface area (Å²) in [6.07, 6.45) is 5.49. The average molecular weight is 326 g/mol. The summed E-state index contributed by atoms with van der Waals surface area (Å²) in [7, 11) is 0. The van der Waals surface area contributed by atoms with Crippen molar-refractivity contribution < 1.29 is 14.7 Å². The molecule has 2 atom stereocenters. The van der Waals surface area contributed by atoms with E-state index >= 15 is 0 Å². The number of aromatic nitrogens is 3. The van der Waals surface area contributed by atoms with E-state index in [4.69, 9.17) is 0 Å². The highest BCUT2D eigenvalue weighted by Crippen LogP contribution is 2.44. The van der Waals surface area contributed by atoms with E-state index in [9.17, 15) is 14.7 Å². The fourth-order valence-corrected chi connectivity index (χ4v) is 3.54. The number of nitrogens with zero attached hydrogens (tertiary/aromatic N) is 4. The molecule has 0 spiro atoms. The number of rotatable bonds is 4. The summed E-state index contributed by atoms with van der Waals surface area (Å²) in [4.78, 5) is 25.9. The Morgan fingerprint density at radius 3 is 2.46 bits per heavy atom. The summed E-state index contributed by atoms with van der Waals surface area (Å²) >= 11 is 0. The van der Waals surface area contributed by atoms with E-state index in [0.29, 0.717) is 24.6 Å². The first-order chi connectivity index (χ1) is 11.6. The lowest BCUT2D eigenvalue weighted by molar-refractivity contribution is -0.142. The van der Waals surface area contributed by atoms with Crippen molar-refractivity contribution in [3.8, 4) is 5.69 Å². The fraction of sp³-hybridized carbons (Fsp3) is 0.412. The van der Waals surface area contributed by atoms with E-state index in [-0.39, 0.29) is 11.8 Å². The zero-order chi connectivity index (χ0) is 16.7. The van der Waals surface area contributed by atoms with E-state index in [0.717, 1.165) is 18.5 Å². The van der Waals surface area contributed by atoms with E-state index in [1.807, 2.05) is 12.1 Å². The third-order valence-electron chi connectivity index (χ3n) is 5.00. The first kappa shape index (κ1) is 14.9. The van der Waals surface area contributed by atoms with Gasteiger partial charge in [-0.05, 0) is 48.9 Å². The summed E-state index contributed by atoms with van der Waals surface area (Å²) < 4.78 is 1.62. The maximum atomic E-state index is 12.7. The van der Waals surface area contributed by atoms with Crippen LogP contribution >= 0.6 is 0 Å². The van der Waals surface area contributed by atoms with Gasteiger partial charge in [-0.3, -0.25) is 9.59 Å². The van der Waals surface area contributed by atoms with Crippen LogP contribution in [0.5, 0.6) is 0 Å². The maximum Gasteiger partial charge on any atom is 0.308 e. The zero-order valence-electron chi connectivity index (χ0n) is 13.1. The number of amides is 1. The highest BCUT2D eigenvalue weighted by atomic mass is 16.4. The molecule has 1 N–H and O–H groups in total. The molecule has 1 aromatic heterocycles. The van der Waals surface area contributed by atoms with Crippen LogP contribution in [0.1, 0.15) is 23.2 Å². The molecule has 1 saturated carbocycles. The number of carbonyl (C=O) groups excluding carboxylic acids is 1. The lowest BCUT2D eigenvalue weighted by atomic mass is 9.92. The highest BCUT2D eigenvalue weighted by molar-refractivity contribution is 5.95. The van der Waals surface area contributed by atoms with Crippen molar-refractivity contribution in [1.29, 1.82) is 0 Å². The zero-order valence-corrected chi connectivity index (χ0v) is 13.1. The summed E-state index contributed by atoms with van der Waals surface area (Å²) in [6, 6.07) is 7.12. The Bertz CT molecular complexity index is 753. The van der Waals surface area contributed by atoms with Crippen LogP contribution in [0.2, 0.25) is 0 Å². The van der Waals surface area contributed by atoms with Gasteiger partial charge >= 0.3 is 5.97 Å². The molecule has 24 heavy (non-hydrogen) atoms. The average Bonchev–Trinajstić information content (AvgIpc) is 3.13. The Morgan fingerprint density at radius 2 is 1.88 bits per heavy atom. The molecule has 1 aromatic carbocycles. The SMILES string of the molecule is O=C(O)[C@H]1CN(C(=O)c2ccc(-n3ccnn3)cc2)C[C@@H]1C1CC1. The fourth-order valence-electron chi connectivity index (χ4n) is 3.54. The number of hydrogen-bond acceptors (Lipinski definition) is 4. The van der Waals surface area contributed by atoms with Gasteiger partial charge in [-0.25, -0.2) is 4.68 Å². The number of aliphatic carboxylic acids is 1. The number of likely N-dealkylation sites (tertiary alicyclic amines) is 1. The number of carboxylic acids is 1. The van der Waals surface area contributed by atoms with Gasteiger partial charge in [0.05, 0.1) is 24.0 Å². The second-order valence-electron chi connectivity index (χ2n) is 6.55. The molecule has 2 heterocycles. The van der Waals surface area contributed by atoms with Crippen LogP contribution in [0.3, 0.4) is 0 Å². The first-order valence-electron chi connectivity index (χ1n) is 8.12. The Kier molecular flexibility index (Phi) is 3.55. The van der Waals surface area contributed by atoms with E-state index in [1.165, 1.54) is 0 Å². The second-order valence-corrected chi connectivity index (χ2v) is 6.55. The molecular formula is C17H18N4O3. The minimum atomic E-state index is -0.788. The molecule has 2 aliphatic rings. The van der Waals surface area contributed by atoms with Crippen LogP contribution in [0.25, 0.3) is 5.69 Å². The van der Waals surface area contributed by atoms with Gasteiger partial charge in [-0.15, -0.1) is 5.10 Å². The largest absolute Gasteiger partial charge is 0.481 e. The number of carboxylic acid groups (broad SMARTS) is 1. The monoisotopic (exact) mass is 326 g/mol. The van der Waals surface area contributed by atoms with E-state index < -0.39 is 11.9 Å². The highest BCUT2D eigenvalue weighted by Gasteiger charge is 2.46. The van der Waals surface area contributed by atoms with Crippen molar-refractivity contribution in [3.05, 3.63) is 42.2 Å². The van der Waals surface area contributed by atoms with Gasteiger partial charge < -0.3 is 10.0 Å². The van der Waals surface area contributed by atoms with E-state index in [2.05, 4.69) is 10.3 Å². The molecule has 0 radical (unpaired) electrons. The summed E-state index contributed by atoms with van der Waals surface area (Å²) in [5.41, 5.74) is 1.39. The van der Waals surface area contributed by atoms with Crippen LogP contribution in [0.15, 0.2) is 36.7 Å². The molecule has 124 valence electrons. The summed E-state index contributed by atoms with van der Waals surface area (Å²) in [5.74, 6) is -0.756. The predicted octanol–water partition coefficient (Wildman–Crippen LogP) is 1.45. The lowest BCUT2D eigenvalue weighted by Crippen LogP contribution is -2.29. The van der Waals surface area contributed by atoms with Crippen molar-refractivity contribution in [1.82, 2.24) is 19.9 Å². The lowest BCUT2D eigenvalue weighted by Gasteiger charge is -2.16.